The van der Waals surface area contributed by atoms with Crippen molar-refractivity contribution in [3.8, 4) is 0 Å². The summed E-state index contributed by atoms with van der Waals surface area (Å²) in [5.41, 5.74) is 0.743. The SMILES string of the molecule is Cl.O=C(NCC1CCCNC1)c1ccc2ccccc2c1. The van der Waals surface area contributed by atoms with Crippen molar-refractivity contribution in [3.05, 3.63) is 48.0 Å². The van der Waals surface area contributed by atoms with Gasteiger partial charge in [-0.05, 0) is 54.8 Å². The van der Waals surface area contributed by atoms with Gasteiger partial charge in [-0.3, -0.25) is 4.79 Å². The molecule has 1 atom stereocenters. The van der Waals surface area contributed by atoms with Gasteiger partial charge in [0.2, 0.25) is 0 Å². The Morgan fingerprint density at radius 2 is 2.00 bits per heavy atom. The van der Waals surface area contributed by atoms with E-state index < -0.39 is 0 Å². The summed E-state index contributed by atoms with van der Waals surface area (Å²) in [5.74, 6) is 0.592. The van der Waals surface area contributed by atoms with Crippen LogP contribution in [0.25, 0.3) is 10.8 Å². The second kappa shape index (κ2) is 7.43. The minimum Gasteiger partial charge on any atom is -0.352 e. The Morgan fingerprint density at radius 3 is 2.76 bits per heavy atom. The lowest BCUT2D eigenvalue weighted by molar-refractivity contribution is 0.0945. The molecule has 21 heavy (non-hydrogen) atoms. The van der Waals surface area contributed by atoms with Gasteiger partial charge in [-0.25, -0.2) is 0 Å². The third-order valence-corrected chi connectivity index (χ3v) is 3.96. The molecular formula is C17H21ClN2O. The number of hydrogen-bond donors (Lipinski definition) is 2. The van der Waals surface area contributed by atoms with Crippen molar-refractivity contribution in [2.45, 2.75) is 12.8 Å². The maximum absolute atomic E-state index is 12.2. The largest absolute Gasteiger partial charge is 0.352 e. The van der Waals surface area contributed by atoms with E-state index in [2.05, 4.69) is 16.7 Å². The van der Waals surface area contributed by atoms with Crippen LogP contribution in [-0.4, -0.2) is 25.5 Å². The number of nitrogens with one attached hydrogen (secondary N) is 2. The summed E-state index contributed by atoms with van der Waals surface area (Å²) in [6, 6.07) is 14.0. The molecule has 0 aromatic heterocycles. The molecule has 112 valence electrons. The Bertz CT molecular complexity index is 609. The molecular weight excluding hydrogens is 284 g/mol. The van der Waals surface area contributed by atoms with E-state index in [0.717, 1.165) is 30.6 Å². The molecule has 0 saturated carbocycles. The number of amides is 1. The first-order valence-electron chi connectivity index (χ1n) is 7.30. The number of hydrogen-bond acceptors (Lipinski definition) is 2. The van der Waals surface area contributed by atoms with Crippen LogP contribution in [0.5, 0.6) is 0 Å². The minimum absolute atomic E-state index is 0. The molecule has 0 radical (unpaired) electrons. The molecule has 1 heterocycles. The molecule has 2 aromatic carbocycles. The van der Waals surface area contributed by atoms with Crippen molar-refractivity contribution in [2.75, 3.05) is 19.6 Å². The van der Waals surface area contributed by atoms with E-state index in [4.69, 9.17) is 0 Å². The first-order chi connectivity index (χ1) is 9.83. The molecule has 4 heteroatoms. The van der Waals surface area contributed by atoms with Crippen LogP contribution in [0.4, 0.5) is 0 Å². The average Bonchev–Trinajstić information content (AvgIpc) is 2.53. The van der Waals surface area contributed by atoms with Gasteiger partial charge in [-0.2, -0.15) is 0 Å². The predicted molar refractivity (Wildman–Crippen MR) is 89.1 cm³/mol. The molecule has 1 fully saturated rings. The van der Waals surface area contributed by atoms with E-state index in [9.17, 15) is 4.79 Å². The average molecular weight is 305 g/mol. The molecule has 1 aliphatic rings. The smallest absolute Gasteiger partial charge is 0.251 e. The highest BCUT2D eigenvalue weighted by atomic mass is 35.5. The Hall–Kier alpha value is -1.58. The van der Waals surface area contributed by atoms with Crippen molar-refractivity contribution in [1.29, 1.82) is 0 Å². The van der Waals surface area contributed by atoms with Gasteiger partial charge >= 0.3 is 0 Å². The van der Waals surface area contributed by atoms with Gasteiger partial charge in [0.05, 0.1) is 0 Å². The maximum atomic E-state index is 12.2. The highest BCUT2D eigenvalue weighted by molar-refractivity contribution is 5.98. The lowest BCUT2D eigenvalue weighted by atomic mass is 9.99. The van der Waals surface area contributed by atoms with Crippen molar-refractivity contribution >= 4 is 29.1 Å². The number of halogens is 1. The summed E-state index contributed by atoms with van der Waals surface area (Å²) in [4.78, 5) is 12.2. The molecule has 0 spiro atoms. The first kappa shape index (κ1) is 15.8. The fourth-order valence-corrected chi connectivity index (χ4v) is 2.77. The monoisotopic (exact) mass is 304 g/mol. The maximum Gasteiger partial charge on any atom is 0.251 e. The van der Waals surface area contributed by atoms with Crippen LogP contribution in [-0.2, 0) is 0 Å². The summed E-state index contributed by atoms with van der Waals surface area (Å²) in [6.45, 7) is 2.88. The molecule has 1 unspecified atom stereocenters. The highest BCUT2D eigenvalue weighted by Gasteiger charge is 2.14. The van der Waals surface area contributed by atoms with Crippen molar-refractivity contribution < 1.29 is 4.79 Å². The van der Waals surface area contributed by atoms with Crippen molar-refractivity contribution in [1.82, 2.24) is 10.6 Å². The fraction of sp³-hybridized carbons (Fsp3) is 0.353. The molecule has 3 nitrogen and oxygen atoms in total. The van der Waals surface area contributed by atoms with E-state index in [1.165, 1.54) is 18.2 Å². The van der Waals surface area contributed by atoms with Crippen LogP contribution in [0.15, 0.2) is 42.5 Å². The van der Waals surface area contributed by atoms with Gasteiger partial charge in [-0.1, -0.05) is 30.3 Å². The van der Waals surface area contributed by atoms with E-state index in [-0.39, 0.29) is 18.3 Å². The molecule has 2 aromatic rings. The van der Waals surface area contributed by atoms with Crippen LogP contribution in [0.2, 0.25) is 0 Å². The number of rotatable bonds is 3. The molecule has 0 bridgehead atoms. The van der Waals surface area contributed by atoms with Crippen LogP contribution < -0.4 is 10.6 Å². The zero-order valence-corrected chi connectivity index (χ0v) is 12.8. The van der Waals surface area contributed by atoms with Gasteiger partial charge in [0, 0.05) is 12.1 Å². The number of carbonyl (C=O) groups is 1. The normalized spacial score (nSPS) is 18.0. The summed E-state index contributed by atoms with van der Waals surface area (Å²) in [5, 5.41) is 8.70. The third kappa shape index (κ3) is 3.96. The molecule has 2 N–H and O–H groups in total. The lowest BCUT2D eigenvalue weighted by Crippen LogP contribution is -2.38. The quantitative estimate of drug-likeness (QED) is 0.915. The topological polar surface area (TPSA) is 41.1 Å². The second-order valence-electron chi connectivity index (χ2n) is 5.48. The summed E-state index contributed by atoms with van der Waals surface area (Å²) >= 11 is 0. The van der Waals surface area contributed by atoms with Gasteiger partial charge < -0.3 is 10.6 Å². The van der Waals surface area contributed by atoms with Gasteiger partial charge in [0.1, 0.15) is 0 Å². The number of piperidine rings is 1. The Balaban J connectivity index is 0.00000161. The zero-order chi connectivity index (χ0) is 13.8. The fourth-order valence-electron chi connectivity index (χ4n) is 2.77. The minimum atomic E-state index is 0. The van der Waals surface area contributed by atoms with Crippen molar-refractivity contribution in [3.63, 3.8) is 0 Å². The van der Waals surface area contributed by atoms with Gasteiger partial charge in [0.15, 0.2) is 0 Å². The molecule has 1 amide bonds. The summed E-state index contributed by atoms with van der Waals surface area (Å²) < 4.78 is 0. The molecule has 1 saturated heterocycles. The van der Waals surface area contributed by atoms with Gasteiger partial charge in [-0.15, -0.1) is 12.4 Å². The predicted octanol–water partition coefficient (Wildman–Crippen LogP) is 2.99. The van der Waals surface area contributed by atoms with Crippen LogP contribution in [0, 0.1) is 5.92 Å². The van der Waals surface area contributed by atoms with E-state index >= 15 is 0 Å². The standard InChI is InChI=1S/C17H20N2O.ClH/c20-17(19-12-13-4-3-9-18-11-13)16-8-7-14-5-1-2-6-15(14)10-16;/h1-2,5-8,10,13,18H,3-4,9,11-12H2,(H,19,20);1H. The first-order valence-corrected chi connectivity index (χ1v) is 7.30. The lowest BCUT2D eigenvalue weighted by Gasteiger charge is -2.22. The van der Waals surface area contributed by atoms with Crippen LogP contribution in [0.1, 0.15) is 23.2 Å². The molecule has 3 rings (SSSR count). The number of benzene rings is 2. The Morgan fingerprint density at radius 1 is 1.19 bits per heavy atom. The van der Waals surface area contributed by atoms with E-state index in [1.54, 1.807) is 0 Å². The van der Waals surface area contributed by atoms with Crippen LogP contribution in [0.3, 0.4) is 0 Å². The van der Waals surface area contributed by atoms with E-state index in [0.29, 0.717) is 5.92 Å². The van der Waals surface area contributed by atoms with Crippen molar-refractivity contribution in [2.24, 2.45) is 5.92 Å². The second-order valence-corrected chi connectivity index (χ2v) is 5.48. The van der Waals surface area contributed by atoms with Crippen LogP contribution >= 0.6 is 12.4 Å². The Labute approximate surface area is 131 Å². The zero-order valence-electron chi connectivity index (χ0n) is 12.0. The van der Waals surface area contributed by atoms with E-state index in [1.807, 2.05) is 36.4 Å². The molecule has 1 aliphatic heterocycles. The number of carbonyl (C=O) groups excluding carboxylic acids is 1. The third-order valence-electron chi connectivity index (χ3n) is 3.96. The molecule has 0 aliphatic carbocycles. The Kier molecular flexibility index (Phi) is 5.59. The van der Waals surface area contributed by atoms with Gasteiger partial charge in [0.25, 0.3) is 5.91 Å². The number of fused-ring (bicyclic) bond motifs is 1. The highest BCUT2D eigenvalue weighted by Crippen LogP contribution is 2.16. The summed E-state index contributed by atoms with van der Waals surface area (Å²) in [6.07, 6.45) is 2.40. The summed E-state index contributed by atoms with van der Waals surface area (Å²) in [7, 11) is 0.